The maximum Gasteiger partial charge on any atom is 0.253 e. The lowest BCUT2D eigenvalue weighted by atomic mass is 9.98. The zero-order valence-electron chi connectivity index (χ0n) is 16.6. The first-order valence-corrected chi connectivity index (χ1v) is 9.66. The molecule has 0 saturated heterocycles. The molecule has 0 atom stereocenters. The van der Waals surface area contributed by atoms with Gasteiger partial charge in [0.1, 0.15) is 0 Å². The Bertz CT molecular complexity index is 803. The molecule has 0 aliphatic carbocycles. The highest BCUT2D eigenvalue weighted by Gasteiger charge is 2.19. The molecule has 0 bridgehead atoms. The Balaban J connectivity index is 2.62. The third-order valence-corrected chi connectivity index (χ3v) is 4.31. The SMILES string of the molecule is O=C(NCCO)c1ccc2c(NCCO)c(C(=O)NCCO)ccc2c1NCCO. The zero-order chi connectivity index (χ0) is 21.9. The van der Waals surface area contributed by atoms with Crippen LogP contribution in [0, 0.1) is 0 Å². The van der Waals surface area contributed by atoms with E-state index >= 15 is 0 Å². The van der Waals surface area contributed by atoms with Crippen LogP contribution in [-0.2, 0) is 0 Å². The van der Waals surface area contributed by atoms with E-state index in [4.69, 9.17) is 10.2 Å². The van der Waals surface area contributed by atoms with Crippen LogP contribution in [0.4, 0.5) is 11.4 Å². The smallest absolute Gasteiger partial charge is 0.253 e. The van der Waals surface area contributed by atoms with E-state index in [1.165, 1.54) is 0 Å². The number of aliphatic hydroxyl groups excluding tert-OH is 4. The molecule has 2 rings (SSSR count). The summed E-state index contributed by atoms with van der Waals surface area (Å²) in [5.74, 6) is -0.776. The molecule has 30 heavy (non-hydrogen) atoms. The Morgan fingerprint density at radius 1 is 0.600 bits per heavy atom. The highest BCUT2D eigenvalue weighted by molar-refractivity contribution is 6.15. The summed E-state index contributed by atoms with van der Waals surface area (Å²) in [6.07, 6.45) is 0. The van der Waals surface area contributed by atoms with E-state index in [1.54, 1.807) is 24.3 Å². The number of aliphatic hydroxyl groups is 4. The first kappa shape index (κ1) is 23.4. The number of carbonyl (C=O) groups excluding carboxylic acids is 2. The van der Waals surface area contributed by atoms with E-state index in [9.17, 15) is 19.8 Å². The molecule has 2 aromatic rings. The molecule has 0 heterocycles. The number of carbonyl (C=O) groups is 2. The number of nitrogens with one attached hydrogen (secondary N) is 4. The molecule has 10 heteroatoms. The number of fused-ring (bicyclic) bond motifs is 1. The van der Waals surface area contributed by atoms with E-state index in [0.717, 1.165) is 0 Å². The molecule has 2 aromatic carbocycles. The highest BCUT2D eigenvalue weighted by atomic mass is 16.3. The van der Waals surface area contributed by atoms with Crippen LogP contribution in [0.15, 0.2) is 24.3 Å². The second-order valence-electron chi connectivity index (χ2n) is 6.33. The van der Waals surface area contributed by atoms with E-state index in [0.29, 0.717) is 33.3 Å². The first-order valence-electron chi connectivity index (χ1n) is 9.66. The van der Waals surface area contributed by atoms with Gasteiger partial charge in [-0.2, -0.15) is 0 Å². The number of amides is 2. The fourth-order valence-electron chi connectivity index (χ4n) is 3.06. The molecule has 0 aliphatic heterocycles. The Hall–Kier alpha value is -2.92. The van der Waals surface area contributed by atoms with Crippen molar-refractivity contribution in [1.82, 2.24) is 10.6 Å². The summed E-state index contributed by atoms with van der Waals surface area (Å²) in [7, 11) is 0. The van der Waals surface area contributed by atoms with Crippen LogP contribution >= 0.6 is 0 Å². The van der Waals surface area contributed by atoms with Crippen molar-refractivity contribution in [2.45, 2.75) is 0 Å². The molecule has 0 unspecified atom stereocenters. The van der Waals surface area contributed by atoms with Gasteiger partial charge in [0.2, 0.25) is 0 Å². The molecule has 0 aromatic heterocycles. The van der Waals surface area contributed by atoms with Gasteiger partial charge in [-0.15, -0.1) is 0 Å². The van der Waals surface area contributed by atoms with Gasteiger partial charge in [0.05, 0.1) is 48.9 Å². The predicted molar refractivity (Wildman–Crippen MR) is 114 cm³/mol. The Morgan fingerprint density at radius 3 is 1.30 bits per heavy atom. The van der Waals surface area contributed by atoms with Crippen molar-refractivity contribution >= 4 is 34.0 Å². The number of rotatable bonds is 12. The molecule has 0 fully saturated rings. The lowest BCUT2D eigenvalue weighted by molar-refractivity contribution is 0.0938. The average molecular weight is 420 g/mol. The molecule has 0 aliphatic rings. The van der Waals surface area contributed by atoms with E-state index in [2.05, 4.69) is 21.3 Å². The van der Waals surface area contributed by atoms with Gasteiger partial charge in [0.25, 0.3) is 11.8 Å². The summed E-state index contributed by atoms with van der Waals surface area (Å²) in [6, 6.07) is 6.56. The molecule has 8 N–H and O–H groups in total. The van der Waals surface area contributed by atoms with Crippen molar-refractivity contribution in [1.29, 1.82) is 0 Å². The van der Waals surface area contributed by atoms with Gasteiger partial charge in [0.15, 0.2) is 0 Å². The molecule has 164 valence electrons. The van der Waals surface area contributed by atoms with Crippen LogP contribution in [0.3, 0.4) is 0 Å². The van der Waals surface area contributed by atoms with Crippen LogP contribution in [0.2, 0.25) is 0 Å². The van der Waals surface area contributed by atoms with Crippen molar-refractivity contribution in [2.24, 2.45) is 0 Å². The summed E-state index contributed by atoms with van der Waals surface area (Å²) < 4.78 is 0. The van der Waals surface area contributed by atoms with Gasteiger partial charge in [-0.1, -0.05) is 12.1 Å². The van der Waals surface area contributed by atoms with Crippen LogP contribution in [0.5, 0.6) is 0 Å². The van der Waals surface area contributed by atoms with E-state index < -0.39 is 0 Å². The van der Waals surface area contributed by atoms with Crippen LogP contribution < -0.4 is 21.3 Å². The second kappa shape index (κ2) is 11.9. The maximum absolute atomic E-state index is 12.5. The van der Waals surface area contributed by atoms with Crippen LogP contribution in [0.25, 0.3) is 10.8 Å². The van der Waals surface area contributed by atoms with Gasteiger partial charge in [-0.05, 0) is 12.1 Å². The Kier molecular flexibility index (Phi) is 9.29. The van der Waals surface area contributed by atoms with Crippen LogP contribution in [0.1, 0.15) is 20.7 Å². The number of hydrogen-bond donors (Lipinski definition) is 8. The molecular weight excluding hydrogens is 392 g/mol. The third kappa shape index (κ3) is 5.57. The number of benzene rings is 2. The monoisotopic (exact) mass is 420 g/mol. The Labute approximate surface area is 173 Å². The highest BCUT2D eigenvalue weighted by Crippen LogP contribution is 2.34. The second-order valence-corrected chi connectivity index (χ2v) is 6.33. The van der Waals surface area contributed by atoms with Gasteiger partial charge in [-0.3, -0.25) is 9.59 Å². The van der Waals surface area contributed by atoms with Crippen molar-refractivity contribution in [3.63, 3.8) is 0 Å². The minimum absolute atomic E-state index is 0.101. The molecule has 10 nitrogen and oxygen atoms in total. The largest absolute Gasteiger partial charge is 0.395 e. The first-order chi connectivity index (χ1) is 14.6. The molecular formula is C20H28N4O6. The third-order valence-electron chi connectivity index (χ3n) is 4.31. The lowest BCUT2D eigenvalue weighted by Gasteiger charge is -2.19. The quantitative estimate of drug-likeness (QED) is 0.219. The fraction of sp³-hybridized carbons (Fsp3) is 0.400. The van der Waals surface area contributed by atoms with Crippen LogP contribution in [-0.4, -0.2) is 84.8 Å². The van der Waals surface area contributed by atoms with Gasteiger partial charge in [0, 0.05) is 37.0 Å². The lowest BCUT2D eigenvalue weighted by Crippen LogP contribution is -2.28. The Morgan fingerprint density at radius 2 is 0.967 bits per heavy atom. The van der Waals surface area contributed by atoms with Gasteiger partial charge < -0.3 is 41.7 Å². The van der Waals surface area contributed by atoms with Gasteiger partial charge >= 0.3 is 0 Å². The van der Waals surface area contributed by atoms with Crippen molar-refractivity contribution < 1.29 is 30.0 Å². The zero-order valence-corrected chi connectivity index (χ0v) is 16.6. The molecule has 0 radical (unpaired) electrons. The topological polar surface area (TPSA) is 163 Å². The number of anilines is 2. The average Bonchev–Trinajstić information content (AvgIpc) is 2.77. The minimum Gasteiger partial charge on any atom is -0.395 e. The fourth-order valence-corrected chi connectivity index (χ4v) is 3.06. The number of hydrogen-bond acceptors (Lipinski definition) is 8. The minimum atomic E-state index is -0.388. The predicted octanol–water partition coefficient (Wildman–Crippen LogP) is -0.908. The summed E-state index contributed by atoms with van der Waals surface area (Å²) in [5.41, 5.74) is 1.61. The van der Waals surface area contributed by atoms with Crippen molar-refractivity contribution in [3.8, 4) is 0 Å². The van der Waals surface area contributed by atoms with Crippen molar-refractivity contribution in [3.05, 3.63) is 35.4 Å². The summed E-state index contributed by atoms with van der Waals surface area (Å²) in [5, 5.41) is 49.0. The standard InChI is InChI=1S/C20H28N4O6/c25-9-5-21-17-13-1-3-15(19(29)23-7-11-27)18(22-6-10-26)14(13)2-4-16(17)20(30)24-8-12-28/h1-4,21-22,25-28H,5-12H2,(H,23,29)(H,24,30). The van der Waals surface area contributed by atoms with E-state index in [1.807, 2.05) is 0 Å². The molecule has 0 spiro atoms. The molecule has 0 saturated carbocycles. The molecule has 2 amide bonds. The normalized spacial score (nSPS) is 10.7. The van der Waals surface area contributed by atoms with Crippen molar-refractivity contribution in [2.75, 3.05) is 63.2 Å². The maximum atomic E-state index is 12.5. The van der Waals surface area contributed by atoms with E-state index in [-0.39, 0.29) is 64.4 Å². The summed E-state index contributed by atoms with van der Waals surface area (Å²) in [6.45, 7) is -0.0700. The summed E-state index contributed by atoms with van der Waals surface area (Å²) in [4.78, 5) is 25.0. The van der Waals surface area contributed by atoms with Gasteiger partial charge in [-0.25, -0.2) is 0 Å². The summed E-state index contributed by atoms with van der Waals surface area (Å²) >= 11 is 0.